The molecule has 25 heavy (non-hydrogen) atoms. The van der Waals surface area contributed by atoms with E-state index in [2.05, 4.69) is 0 Å². The molecule has 0 unspecified atom stereocenters. The van der Waals surface area contributed by atoms with Gasteiger partial charge in [-0.15, -0.1) is 0 Å². The Balaban J connectivity index is 1.64. The summed E-state index contributed by atoms with van der Waals surface area (Å²) in [6, 6.07) is 13.9. The molecule has 0 N–H and O–H groups in total. The van der Waals surface area contributed by atoms with Gasteiger partial charge in [0, 0.05) is 25.2 Å². The maximum Gasteiger partial charge on any atom is 0.264 e. The quantitative estimate of drug-likeness (QED) is 0.850. The average molecular weight is 356 g/mol. The number of aryl methyl sites for hydroxylation is 1. The zero-order valence-electron chi connectivity index (χ0n) is 13.9. The Morgan fingerprint density at radius 1 is 0.880 bits per heavy atom. The summed E-state index contributed by atoms with van der Waals surface area (Å²) in [5.74, 6) is -0.0292. The van der Waals surface area contributed by atoms with Crippen LogP contribution in [-0.4, -0.2) is 38.9 Å². The first kappa shape index (κ1) is 16.1. The van der Waals surface area contributed by atoms with E-state index < -0.39 is 10.0 Å². The third-order valence-corrected chi connectivity index (χ3v) is 6.73. The molecule has 4 rings (SSSR count). The summed E-state index contributed by atoms with van der Waals surface area (Å²) in [6.07, 6.45) is 2.74. The Labute approximate surface area is 147 Å². The summed E-state index contributed by atoms with van der Waals surface area (Å²) in [4.78, 5) is 14.2. The Kier molecular flexibility index (Phi) is 4.00. The van der Waals surface area contributed by atoms with Crippen molar-refractivity contribution < 1.29 is 13.2 Å². The van der Waals surface area contributed by atoms with Crippen molar-refractivity contribution in [3.8, 4) is 0 Å². The molecule has 2 aromatic rings. The molecule has 1 fully saturated rings. The van der Waals surface area contributed by atoms with Crippen LogP contribution in [0.2, 0.25) is 0 Å². The Morgan fingerprint density at radius 2 is 1.60 bits per heavy atom. The van der Waals surface area contributed by atoms with E-state index in [0.29, 0.717) is 12.1 Å². The minimum absolute atomic E-state index is 0.0292. The number of amides is 1. The topological polar surface area (TPSA) is 57.7 Å². The van der Waals surface area contributed by atoms with E-state index in [4.69, 9.17) is 0 Å². The third kappa shape index (κ3) is 2.80. The van der Waals surface area contributed by atoms with Crippen molar-refractivity contribution in [3.63, 3.8) is 0 Å². The molecule has 0 spiro atoms. The van der Waals surface area contributed by atoms with Gasteiger partial charge in [-0.2, -0.15) is 0 Å². The molecule has 6 heteroatoms. The van der Waals surface area contributed by atoms with Gasteiger partial charge in [0.25, 0.3) is 15.9 Å². The van der Waals surface area contributed by atoms with Crippen LogP contribution in [0.25, 0.3) is 0 Å². The van der Waals surface area contributed by atoms with Crippen molar-refractivity contribution in [1.29, 1.82) is 0 Å². The fraction of sp³-hybridized carbons (Fsp3) is 0.316. The van der Waals surface area contributed by atoms with Crippen LogP contribution in [0.4, 0.5) is 5.69 Å². The lowest BCUT2D eigenvalue weighted by Gasteiger charge is -2.31. The number of nitrogens with zero attached hydrogens (tertiary/aromatic N) is 2. The van der Waals surface area contributed by atoms with Crippen LogP contribution in [0.5, 0.6) is 0 Å². The highest BCUT2D eigenvalue weighted by molar-refractivity contribution is 7.92. The molecule has 0 aromatic heterocycles. The van der Waals surface area contributed by atoms with Crippen molar-refractivity contribution in [3.05, 3.63) is 59.7 Å². The number of hydrogen-bond acceptors (Lipinski definition) is 3. The van der Waals surface area contributed by atoms with Crippen molar-refractivity contribution in [2.45, 2.75) is 24.2 Å². The Morgan fingerprint density at radius 3 is 2.28 bits per heavy atom. The standard InChI is InChI=1S/C19H20N2O3S/c22-19(20-12-4-13-20)16-8-10-17(11-9-16)25(23,24)21-14-3-6-15-5-1-2-7-18(15)21/h1-2,5,7-11H,3-4,6,12-14H2. The molecule has 0 atom stereocenters. The smallest absolute Gasteiger partial charge is 0.264 e. The first-order chi connectivity index (χ1) is 12.1. The van der Waals surface area contributed by atoms with Crippen LogP contribution in [0.15, 0.2) is 53.4 Å². The van der Waals surface area contributed by atoms with E-state index in [0.717, 1.165) is 43.6 Å². The number of carbonyl (C=O) groups is 1. The predicted octanol–water partition coefficient (Wildman–Crippen LogP) is 2.67. The summed E-state index contributed by atoms with van der Waals surface area (Å²) in [5, 5.41) is 0. The summed E-state index contributed by atoms with van der Waals surface area (Å²) in [6.45, 7) is 2.04. The van der Waals surface area contributed by atoms with Gasteiger partial charge < -0.3 is 4.90 Å². The highest BCUT2D eigenvalue weighted by Crippen LogP contribution is 2.31. The number of carbonyl (C=O) groups excluding carboxylic acids is 1. The van der Waals surface area contributed by atoms with E-state index in [1.807, 2.05) is 24.3 Å². The van der Waals surface area contributed by atoms with Crippen molar-refractivity contribution >= 4 is 21.6 Å². The second kappa shape index (κ2) is 6.19. The maximum atomic E-state index is 13.1. The normalized spacial score (nSPS) is 17.0. The molecule has 2 aliphatic rings. The van der Waals surface area contributed by atoms with Crippen molar-refractivity contribution in [1.82, 2.24) is 4.90 Å². The molecule has 130 valence electrons. The van der Waals surface area contributed by atoms with E-state index in [1.165, 1.54) is 4.31 Å². The van der Waals surface area contributed by atoms with E-state index >= 15 is 0 Å². The summed E-state index contributed by atoms with van der Waals surface area (Å²) in [5.41, 5.74) is 2.36. The number of fused-ring (bicyclic) bond motifs is 1. The van der Waals surface area contributed by atoms with Crippen LogP contribution in [0.3, 0.4) is 0 Å². The highest BCUT2D eigenvalue weighted by atomic mass is 32.2. The fourth-order valence-corrected chi connectivity index (χ4v) is 4.89. The zero-order chi connectivity index (χ0) is 17.4. The molecule has 5 nitrogen and oxygen atoms in total. The number of likely N-dealkylation sites (tertiary alicyclic amines) is 1. The van der Waals surface area contributed by atoms with Crippen molar-refractivity contribution in [2.75, 3.05) is 23.9 Å². The third-order valence-electron chi connectivity index (χ3n) is 4.90. The lowest BCUT2D eigenvalue weighted by molar-refractivity contribution is 0.0651. The minimum atomic E-state index is -3.62. The van der Waals surface area contributed by atoms with Gasteiger partial charge >= 0.3 is 0 Å². The number of para-hydroxylation sites is 1. The number of hydrogen-bond donors (Lipinski definition) is 0. The molecule has 2 aromatic carbocycles. The van der Waals surface area contributed by atoms with Gasteiger partial charge in [-0.25, -0.2) is 8.42 Å². The highest BCUT2D eigenvalue weighted by Gasteiger charge is 2.29. The number of benzene rings is 2. The van der Waals surface area contributed by atoms with Gasteiger partial charge in [-0.3, -0.25) is 9.10 Å². The lowest BCUT2D eigenvalue weighted by Crippen LogP contribution is -2.42. The molecule has 2 heterocycles. The molecule has 2 aliphatic heterocycles. The van der Waals surface area contributed by atoms with E-state index in [9.17, 15) is 13.2 Å². The van der Waals surface area contributed by atoms with Gasteiger partial charge in [-0.05, 0) is 55.2 Å². The molecule has 0 bridgehead atoms. The predicted molar refractivity (Wildman–Crippen MR) is 96.3 cm³/mol. The fourth-order valence-electron chi connectivity index (χ4n) is 3.35. The molecule has 1 saturated heterocycles. The Hall–Kier alpha value is -2.34. The largest absolute Gasteiger partial charge is 0.339 e. The minimum Gasteiger partial charge on any atom is -0.339 e. The number of rotatable bonds is 3. The molecule has 0 saturated carbocycles. The molecule has 0 aliphatic carbocycles. The zero-order valence-corrected chi connectivity index (χ0v) is 14.7. The van der Waals surface area contributed by atoms with E-state index in [1.54, 1.807) is 29.2 Å². The van der Waals surface area contributed by atoms with Crippen LogP contribution in [0, 0.1) is 0 Å². The maximum absolute atomic E-state index is 13.1. The molecule has 0 radical (unpaired) electrons. The van der Waals surface area contributed by atoms with Gasteiger partial charge in [-0.1, -0.05) is 18.2 Å². The number of sulfonamides is 1. The summed E-state index contributed by atoms with van der Waals surface area (Å²) in [7, 11) is -3.62. The monoisotopic (exact) mass is 356 g/mol. The van der Waals surface area contributed by atoms with Crippen molar-refractivity contribution in [2.24, 2.45) is 0 Å². The second-order valence-electron chi connectivity index (χ2n) is 6.48. The summed E-state index contributed by atoms with van der Waals surface area (Å²) < 4.78 is 27.6. The molecular formula is C19H20N2O3S. The number of anilines is 1. The first-order valence-corrected chi connectivity index (χ1v) is 10.0. The van der Waals surface area contributed by atoms with Gasteiger partial charge in [0.1, 0.15) is 0 Å². The SMILES string of the molecule is O=C(c1ccc(S(=O)(=O)N2CCCc3ccccc32)cc1)N1CCC1. The van der Waals surface area contributed by atoms with Gasteiger partial charge in [0.05, 0.1) is 10.6 Å². The van der Waals surface area contributed by atoms with Crippen LogP contribution < -0.4 is 4.31 Å². The van der Waals surface area contributed by atoms with Crippen LogP contribution in [-0.2, 0) is 16.4 Å². The molecular weight excluding hydrogens is 336 g/mol. The Bertz CT molecular complexity index is 903. The molecule has 1 amide bonds. The lowest BCUT2D eigenvalue weighted by atomic mass is 10.0. The van der Waals surface area contributed by atoms with Crippen LogP contribution in [0.1, 0.15) is 28.8 Å². The van der Waals surface area contributed by atoms with E-state index in [-0.39, 0.29) is 10.8 Å². The van der Waals surface area contributed by atoms with Crippen LogP contribution >= 0.6 is 0 Å². The average Bonchev–Trinajstić information content (AvgIpc) is 2.60. The van der Waals surface area contributed by atoms with Gasteiger partial charge in [0.2, 0.25) is 0 Å². The van der Waals surface area contributed by atoms with Gasteiger partial charge in [0.15, 0.2) is 0 Å². The second-order valence-corrected chi connectivity index (χ2v) is 8.34. The summed E-state index contributed by atoms with van der Waals surface area (Å²) >= 11 is 0. The first-order valence-electron chi connectivity index (χ1n) is 8.57.